The molecule has 0 aliphatic carbocycles. The molecule has 2 unspecified atom stereocenters. The number of ether oxygens (including phenoxy) is 2. The molecule has 1 saturated heterocycles. The van der Waals surface area contributed by atoms with E-state index in [-0.39, 0.29) is 12.1 Å². The predicted octanol–water partition coefficient (Wildman–Crippen LogP) is 9.28. The minimum Gasteiger partial charge on any atom is -0.497 e. The van der Waals surface area contributed by atoms with Crippen LogP contribution in [0.15, 0.2) is 48.7 Å². The normalized spacial score (nSPS) is 19.5. The van der Waals surface area contributed by atoms with Crippen LogP contribution in [0.5, 0.6) is 5.75 Å². The summed E-state index contributed by atoms with van der Waals surface area (Å²) in [5.74, 6) is 0.861. The molecule has 0 bridgehead atoms. The van der Waals surface area contributed by atoms with Gasteiger partial charge in [0.05, 0.1) is 27.3 Å². The van der Waals surface area contributed by atoms with E-state index >= 15 is 0 Å². The third-order valence-corrected chi connectivity index (χ3v) is 8.38. The van der Waals surface area contributed by atoms with Crippen LogP contribution in [0.2, 0.25) is 0 Å². The second-order valence-corrected chi connectivity index (χ2v) is 11.4. The highest BCUT2D eigenvalue weighted by Crippen LogP contribution is 2.32. The monoisotopic (exact) mass is 537 g/mol. The van der Waals surface area contributed by atoms with E-state index in [1.807, 2.05) is 6.07 Å². The summed E-state index contributed by atoms with van der Waals surface area (Å²) in [5, 5.41) is 1.18. The number of likely N-dealkylation sites (N-methyl/N-ethyl adjacent to an activating group) is 1. The van der Waals surface area contributed by atoms with Crippen LogP contribution >= 0.6 is 0 Å². The van der Waals surface area contributed by atoms with Crippen molar-refractivity contribution in [3.05, 3.63) is 54.3 Å². The number of nitrogens with zero attached hydrogens (tertiary/aromatic N) is 1. The zero-order chi connectivity index (χ0) is 27.8. The van der Waals surface area contributed by atoms with Crippen molar-refractivity contribution < 1.29 is 18.8 Å². The van der Waals surface area contributed by atoms with E-state index in [0.717, 1.165) is 56.3 Å². The van der Waals surface area contributed by atoms with Gasteiger partial charge < -0.3 is 14.5 Å². The molecule has 216 valence electrons. The van der Waals surface area contributed by atoms with Crippen molar-refractivity contribution in [2.75, 3.05) is 27.3 Å². The molecule has 5 nitrogen and oxygen atoms in total. The maximum atomic E-state index is 13.1. The topological polar surface area (TPSA) is 51.3 Å². The quantitative estimate of drug-likeness (QED) is 0.117. The largest absolute Gasteiger partial charge is 0.516 e. The number of hydrogen-bond donors (Lipinski definition) is 1. The van der Waals surface area contributed by atoms with Crippen molar-refractivity contribution in [1.29, 1.82) is 0 Å². The lowest BCUT2D eigenvalue weighted by molar-refractivity contribution is -0.850. The Morgan fingerprint density at radius 1 is 1.00 bits per heavy atom. The van der Waals surface area contributed by atoms with Crippen molar-refractivity contribution in [3.63, 3.8) is 0 Å². The molecule has 1 aromatic heterocycles. The minimum atomic E-state index is -0.0579. The third kappa shape index (κ3) is 9.86. The summed E-state index contributed by atoms with van der Waals surface area (Å²) in [7, 11) is 3.76. The van der Waals surface area contributed by atoms with Crippen LogP contribution in [0.25, 0.3) is 10.9 Å². The molecule has 0 saturated carbocycles. The van der Waals surface area contributed by atoms with E-state index in [9.17, 15) is 4.79 Å². The van der Waals surface area contributed by atoms with Crippen molar-refractivity contribution in [3.8, 4) is 5.75 Å². The van der Waals surface area contributed by atoms with Crippen LogP contribution in [-0.4, -0.2) is 48.9 Å². The molecule has 1 aliphatic rings. The molecule has 1 fully saturated rings. The number of H-pyrrole nitrogens is 1. The molecule has 1 amide bonds. The summed E-state index contributed by atoms with van der Waals surface area (Å²) in [5.41, 5.74) is 2.36. The molecule has 1 aromatic carbocycles. The molecule has 5 heteroatoms. The number of rotatable bonds is 18. The van der Waals surface area contributed by atoms with E-state index in [1.54, 1.807) is 7.11 Å². The van der Waals surface area contributed by atoms with Gasteiger partial charge in [-0.25, -0.2) is 4.48 Å². The number of hydrogen-bond acceptors (Lipinski definition) is 3. The molecular weight excluding hydrogens is 484 g/mol. The summed E-state index contributed by atoms with van der Waals surface area (Å²) >= 11 is 0. The highest BCUT2D eigenvalue weighted by atomic mass is 16.6. The lowest BCUT2D eigenvalue weighted by atomic mass is 10.0. The van der Waals surface area contributed by atoms with E-state index in [4.69, 9.17) is 9.47 Å². The highest BCUT2D eigenvalue weighted by Gasteiger charge is 2.46. The number of amides is 1. The molecule has 1 aliphatic heterocycles. The summed E-state index contributed by atoms with van der Waals surface area (Å²) in [6.45, 7) is 3.65. The Hall–Kier alpha value is -2.53. The van der Waals surface area contributed by atoms with E-state index < -0.39 is 0 Å². The van der Waals surface area contributed by atoms with Crippen molar-refractivity contribution in [2.24, 2.45) is 0 Å². The van der Waals surface area contributed by atoms with Gasteiger partial charge in [0.1, 0.15) is 11.8 Å². The SMILES string of the molecule is CCCCC/C=C\C/C=C\CCCCCCCCOC(=O)[N+]1(C)CCCC1Cc1c[nH]c2ccc(OC)cc12. The first-order valence-corrected chi connectivity index (χ1v) is 15.5. The van der Waals surface area contributed by atoms with Crippen LogP contribution in [0.3, 0.4) is 0 Å². The lowest BCUT2D eigenvalue weighted by Crippen LogP contribution is -2.53. The molecule has 3 rings (SSSR count). The Morgan fingerprint density at radius 2 is 1.72 bits per heavy atom. The zero-order valence-corrected chi connectivity index (χ0v) is 24.9. The molecule has 0 spiro atoms. The summed E-state index contributed by atoms with van der Waals surface area (Å²) < 4.78 is 11.6. The number of allylic oxidation sites excluding steroid dienone is 4. The second kappa shape index (κ2) is 17.2. The van der Waals surface area contributed by atoms with E-state index in [1.165, 1.54) is 68.7 Å². The van der Waals surface area contributed by atoms with E-state index in [0.29, 0.717) is 11.1 Å². The molecule has 1 N–H and O–H groups in total. The molecular formula is C34H53N2O3+. The smallest absolute Gasteiger partial charge is 0.497 e. The van der Waals surface area contributed by atoms with Gasteiger partial charge in [0.25, 0.3) is 0 Å². The summed E-state index contributed by atoms with van der Waals surface area (Å²) in [4.78, 5) is 16.5. The van der Waals surface area contributed by atoms with Crippen LogP contribution in [0, 0.1) is 0 Å². The number of unbranched alkanes of at least 4 members (excludes halogenated alkanes) is 9. The van der Waals surface area contributed by atoms with Gasteiger partial charge in [-0.15, -0.1) is 0 Å². The maximum Gasteiger partial charge on any atom is 0.516 e. The number of methoxy groups -OCH3 is 1. The Bertz CT molecular complexity index is 1040. The summed E-state index contributed by atoms with van der Waals surface area (Å²) in [6, 6.07) is 6.37. The lowest BCUT2D eigenvalue weighted by Gasteiger charge is -2.31. The van der Waals surface area contributed by atoms with Gasteiger partial charge >= 0.3 is 6.09 Å². The number of benzene rings is 1. The van der Waals surface area contributed by atoms with Crippen molar-refractivity contribution in [1.82, 2.24) is 4.98 Å². The Kier molecular flexibility index (Phi) is 13.7. The fourth-order valence-electron chi connectivity index (χ4n) is 5.77. The standard InChI is InChI=1S/C34H53N2O3/c1-4-5-6-7-8-9-10-11-12-13-14-15-16-17-18-19-25-39-34(37)36(2)24-20-21-30(36)26-29-28-35-33-23-22-31(38-3)27-32(29)33/h8-9,11-12,22-23,27-28,30,35H,4-7,10,13-21,24-26H2,1-3H3/q+1/b9-8-,12-11-. The number of aromatic amines is 1. The Balaban J connectivity index is 1.27. The van der Waals surface area contributed by atoms with Gasteiger partial charge in [-0.2, -0.15) is 4.79 Å². The van der Waals surface area contributed by atoms with Crippen molar-refractivity contribution >= 4 is 17.0 Å². The predicted molar refractivity (Wildman–Crippen MR) is 163 cm³/mol. The number of fused-ring (bicyclic) bond motifs is 1. The van der Waals surface area contributed by atoms with Crippen LogP contribution < -0.4 is 4.74 Å². The third-order valence-electron chi connectivity index (χ3n) is 8.38. The average Bonchev–Trinajstić information content (AvgIpc) is 3.53. The van der Waals surface area contributed by atoms with Crippen LogP contribution in [-0.2, 0) is 11.2 Å². The zero-order valence-electron chi connectivity index (χ0n) is 24.9. The molecule has 2 atom stereocenters. The number of nitrogens with one attached hydrogen (secondary N) is 1. The van der Waals surface area contributed by atoms with Gasteiger partial charge in [-0.05, 0) is 62.3 Å². The summed E-state index contributed by atoms with van der Waals surface area (Å²) in [6.07, 6.45) is 28.8. The first-order valence-electron chi connectivity index (χ1n) is 15.5. The average molecular weight is 538 g/mol. The Morgan fingerprint density at radius 3 is 2.46 bits per heavy atom. The number of carbonyl (C=O) groups is 1. The molecule has 2 aromatic rings. The van der Waals surface area contributed by atoms with Gasteiger partial charge in [-0.3, -0.25) is 0 Å². The number of aromatic nitrogens is 1. The van der Waals surface area contributed by atoms with Crippen molar-refractivity contribution in [2.45, 2.75) is 109 Å². The van der Waals surface area contributed by atoms with Gasteiger partial charge in [0.2, 0.25) is 0 Å². The number of likely N-dealkylation sites (tertiary alicyclic amines) is 1. The molecule has 0 radical (unpaired) electrons. The number of carbonyl (C=O) groups excluding carboxylic acids is 1. The van der Waals surface area contributed by atoms with Crippen LogP contribution in [0.4, 0.5) is 4.79 Å². The molecule has 2 heterocycles. The van der Waals surface area contributed by atoms with Gasteiger partial charge in [-0.1, -0.05) is 69.8 Å². The molecule has 39 heavy (non-hydrogen) atoms. The second-order valence-electron chi connectivity index (χ2n) is 11.4. The van der Waals surface area contributed by atoms with Gasteiger partial charge in [0.15, 0.2) is 0 Å². The Labute approximate surface area is 237 Å². The maximum absolute atomic E-state index is 13.1. The van der Waals surface area contributed by atoms with Gasteiger partial charge in [0, 0.05) is 36.4 Å². The first kappa shape index (κ1) is 31.0. The number of quaternary nitrogens is 1. The highest BCUT2D eigenvalue weighted by molar-refractivity contribution is 5.84. The first-order chi connectivity index (χ1) is 19.1. The fraction of sp³-hybridized carbons (Fsp3) is 0.618. The van der Waals surface area contributed by atoms with Crippen LogP contribution in [0.1, 0.15) is 102 Å². The van der Waals surface area contributed by atoms with E-state index in [2.05, 4.69) is 61.6 Å². The fourth-order valence-corrected chi connectivity index (χ4v) is 5.77. The minimum absolute atomic E-state index is 0.0579.